The Kier molecular flexibility index (Phi) is 3.77. The first kappa shape index (κ1) is 15.7. The molecule has 0 saturated heterocycles. The molecule has 0 spiro atoms. The summed E-state index contributed by atoms with van der Waals surface area (Å²) in [5.41, 5.74) is 4.86. The lowest BCUT2D eigenvalue weighted by molar-refractivity contribution is 0.0691. The third kappa shape index (κ3) is 2.84. The monoisotopic (exact) mass is 346 g/mol. The lowest BCUT2D eigenvalue weighted by Gasteiger charge is -2.05. The number of benzene rings is 2. The molecule has 0 atom stereocenters. The number of nitrogens with one attached hydrogen (secondary N) is 1. The highest BCUT2D eigenvalue weighted by molar-refractivity contribution is 5.92. The minimum atomic E-state index is -1.09. The minimum absolute atomic E-state index is 0.0222. The molecule has 0 aliphatic heterocycles. The molecule has 0 saturated carbocycles. The zero-order chi connectivity index (χ0) is 18.1. The van der Waals surface area contributed by atoms with E-state index >= 15 is 0 Å². The van der Waals surface area contributed by atoms with Gasteiger partial charge in [0, 0.05) is 18.2 Å². The smallest absolute Gasteiger partial charge is 0.356 e. The molecular formula is C18H14N6O2. The Hall–Kier alpha value is -3.81. The van der Waals surface area contributed by atoms with Crippen LogP contribution < -0.4 is 0 Å². The van der Waals surface area contributed by atoms with Crippen LogP contribution in [0.2, 0.25) is 0 Å². The maximum absolute atomic E-state index is 11.2. The summed E-state index contributed by atoms with van der Waals surface area (Å²) >= 11 is 0. The van der Waals surface area contributed by atoms with E-state index in [4.69, 9.17) is 5.11 Å². The standard InChI is InChI=1S/C18H14N6O2/c1-24-19-10-15(22-24)13-6-2-11(3-7-13)12-4-8-14(9-5-12)16-17(18(25)26)21-23-20-16/h2-10H,1H3,(H,25,26)(H,20,21,23). The number of carboxylic acids is 1. The first-order valence-corrected chi connectivity index (χ1v) is 7.84. The van der Waals surface area contributed by atoms with Crippen molar-refractivity contribution in [1.29, 1.82) is 0 Å². The summed E-state index contributed by atoms with van der Waals surface area (Å²) in [6, 6.07) is 15.5. The van der Waals surface area contributed by atoms with E-state index < -0.39 is 5.97 Å². The highest BCUT2D eigenvalue weighted by atomic mass is 16.4. The molecule has 4 aromatic rings. The lowest BCUT2D eigenvalue weighted by Crippen LogP contribution is -1.99. The number of aromatic carboxylic acids is 1. The zero-order valence-electron chi connectivity index (χ0n) is 13.8. The summed E-state index contributed by atoms with van der Waals surface area (Å²) in [6.07, 6.45) is 1.72. The molecular weight excluding hydrogens is 332 g/mol. The van der Waals surface area contributed by atoms with E-state index in [9.17, 15) is 4.79 Å². The molecule has 0 aliphatic rings. The lowest BCUT2D eigenvalue weighted by atomic mass is 10.0. The van der Waals surface area contributed by atoms with Crippen molar-refractivity contribution in [2.24, 2.45) is 7.05 Å². The van der Waals surface area contributed by atoms with Crippen LogP contribution in [0.3, 0.4) is 0 Å². The summed E-state index contributed by atoms with van der Waals surface area (Å²) in [4.78, 5) is 12.7. The maximum Gasteiger partial charge on any atom is 0.356 e. The molecule has 0 fully saturated rings. The fourth-order valence-corrected chi connectivity index (χ4v) is 2.71. The van der Waals surface area contributed by atoms with Crippen LogP contribution in [-0.2, 0) is 7.05 Å². The van der Waals surface area contributed by atoms with Gasteiger partial charge >= 0.3 is 5.97 Å². The topological polar surface area (TPSA) is 110 Å². The van der Waals surface area contributed by atoms with Crippen molar-refractivity contribution < 1.29 is 9.90 Å². The van der Waals surface area contributed by atoms with E-state index in [0.717, 1.165) is 22.4 Å². The van der Waals surface area contributed by atoms with Crippen LogP contribution in [0.1, 0.15) is 10.5 Å². The van der Waals surface area contributed by atoms with Crippen molar-refractivity contribution in [2.75, 3.05) is 0 Å². The van der Waals surface area contributed by atoms with E-state index in [0.29, 0.717) is 11.3 Å². The van der Waals surface area contributed by atoms with Crippen LogP contribution in [-0.4, -0.2) is 41.5 Å². The van der Waals surface area contributed by atoms with Gasteiger partial charge in [-0.2, -0.15) is 15.0 Å². The Morgan fingerprint density at radius 2 is 1.54 bits per heavy atom. The molecule has 8 nitrogen and oxygen atoms in total. The summed E-state index contributed by atoms with van der Waals surface area (Å²) in [5.74, 6) is -1.09. The van der Waals surface area contributed by atoms with Gasteiger partial charge in [0.25, 0.3) is 0 Å². The Morgan fingerprint density at radius 1 is 0.962 bits per heavy atom. The van der Waals surface area contributed by atoms with Gasteiger partial charge in [-0.15, -0.1) is 5.10 Å². The van der Waals surface area contributed by atoms with Crippen LogP contribution in [0.15, 0.2) is 54.7 Å². The van der Waals surface area contributed by atoms with Crippen molar-refractivity contribution in [3.63, 3.8) is 0 Å². The van der Waals surface area contributed by atoms with Gasteiger partial charge in [-0.25, -0.2) is 4.79 Å². The number of H-pyrrole nitrogens is 1. The molecule has 2 heterocycles. The predicted molar refractivity (Wildman–Crippen MR) is 94.2 cm³/mol. The Balaban J connectivity index is 1.61. The zero-order valence-corrected chi connectivity index (χ0v) is 13.8. The van der Waals surface area contributed by atoms with E-state index in [1.165, 1.54) is 4.80 Å². The van der Waals surface area contributed by atoms with Crippen molar-refractivity contribution >= 4 is 5.97 Å². The third-order valence-corrected chi connectivity index (χ3v) is 4.03. The van der Waals surface area contributed by atoms with Crippen LogP contribution in [0.4, 0.5) is 0 Å². The average molecular weight is 346 g/mol. The first-order valence-electron chi connectivity index (χ1n) is 7.84. The quantitative estimate of drug-likeness (QED) is 0.588. The number of nitrogens with zero attached hydrogens (tertiary/aromatic N) is 5. The molecule has 8 heteroatoms. The average Bonchev–Trinajstić information content (AvgIpc) is 3.31. The maximum atomic E-state index is 11.2. The molecule has 2 aromatic carbocycles. The Bertz CT molecular complexity index is 1060. The molecule has 0 radical (unpaired) electrons. The molecule has 26 heavy (non-hydrogen) atoms. The summed E-state index contributed by atoms with van der Waals surface area (Å²) in [7, 11) is 1.78. The molecule has 0 unspecified atom stereocenters. The number of carboxylic acid groups (broad SMARTS) is 1. The second-order valence-electron chi connectivity index (χ2n) is 5.71. The molecule has 128 valence electrons. The normalized spacial score (nSPS) is 10.8. The second kappa shape index (κ2) is 6.25. The SMILES string of the molecule is Cn1ncc(-c2ccc(-c3ccc(-c4nn[nH]c4C(=O)O)cc3)cc2)n1. The van der Waals surface area contributed by atoms with Crippen molar-refractivity contribution in [3.8, 4) is 33.6 Å². The van der Waals surface area contributed by atoms with E-state index in [2.05, 4.69) is 25.6 Å². The van der Waals surface area contributed by atoms with Gasteiger partial charge in [0.05, 0.1) is 6.20 Å². The van der Waals surface area contributed by atoms with E-state index in [1.54, 1.807) is 13.2 Å². The van der Waals surface area contributed by atoms with Gasteiger partial charge in [-0.05, 0) is 11.1 Å². The first-order chi connectivity index (χ1) is 12.6. The second-order valence-corrected chi connectivity index (χ2v) is 5.71. The number of aromatic nitrogens is 6. The number of hydrogen-bond acceptors (Lipinski definition) is 5. The Labute approximate surface area is 148 Å². The van der Waals surface area contributed by atoms with Gasteiger partial charge < -0.3 is 5.11 Å². The van der Waals surface area contributed by atoms with Gasteiger partial charge in [0.1, 0.15) is 11.4 Å². The van der Waals surface area contributed by atoms with Crippen molar-refractivity contribution in [3.05, 3.63) is 60.4 Å². The highest BCUT2D eigenvalue weighted by Gasteiger charge is 2.15. The van der Waals surface area contributed by atoms with Gasteiger partial charge in [0.2, 0.25) is 0 Å². The summed E-state index contributed by atoms with van der Waals surface area (Å²) in [5, 5.41) is 27.3. The largest absolute Gasteiger partial charge is 0.476 e. The molecule has 4 rings (SSSR count). The van der Waals surface area contributed by atoms with Crippen molar-refractivity contribution in [2.45, 2.75) is 0 Å². The van der Waals surface area contributed by atoms with Crippen molar-refractivity contribution in [1.82, 2.24) is 30.4 Å². The molecule has 0 bridgehead atoms. The van der Waals surface area contributed by atoms with Gasteiger partial charge in [0.15, 0.2) is 5.69 Å². The molecule has 2 aromatic heterocycles. The Morgan fingerprint density at radius 3 is 2.08 bits per heavy atom. The molecule has 0 amide bonds. The molecule has 0 aliphatic carbocycles. The van der Waals surface area contributed by atoms with Crippen LogP contribution in [0.25, 0.3) is 33.6 Å². The number of rotatable bonds is 4. The predicted octanol–water partition coefficient (Wildman–Crippen LogP) is 2.63. The van der Waals surface area contributed by atoms with Crippen LogP contribution in [0.5, 0.6) is 0 Å². The van der Waals surface area contributed by atoms with E-state index in [-0.39, 0.29) is 5.69 Å². The number of carbonyl (C=O) groups is 1. The van der Waals surface area contributed by atoms with Gasteiger partial charge in [-0.1, -0.05) is 53.7 Å². The van der Waals surface area contributed by atoms with Gasteiger partial charge in [-0.3, -0.25) is 5.10 Å². The fourth-order valence-electron chi connectivity index (χ4n) is 2.71. The van der Waals surface area contributed by atoms with Crippen LogP contribution in [0, 0.1) is 0 Å². The minimum Gasteiger partial charge on any atom is -0.476 e. The summed E-state index contributed by atoms with van der Waals surface area (Å²) in [6.45, 7) is 0. The highest BCUT2D eigenvalue weighted by Crippen LogP contribution is 2.27. The van der Waals surface area contributed by atoms with Crippen LogP contribution >= 0.6 is 0 Å². The number of aromatic amines is 1. The van der Waals surface area contributed by atoms with E-state index in [1.807, 2.05) is 48.5 Å². The third-order valence-electron chi connectivity index (χ3n) is 4.03. The number of aryl methyl sites for hydroxylation is 1. The number of hydrogen-bond donors (Lipinski definition) is 2. The summed E-state index contributed by atoms with van der Waals surface area (Å²) < 4.78 is 0. The molecule has 2 N–H and O–H groups in total. The fraction of sp³-hybridized carbons (Fsp3) is 0.0556.